The number of anilines is 1. The molecule has 1 aliphatic rings. The van der Waals surface area contributed by atoms with Gasteiger partial charge in [-0.1, -0.05) is 32.5 Å². The minimum absolute atomic E-state index is 0.191. The molecule has 0 spiro atoms. The lowest BCUT2D eigenvalue weighted by molar-refractivity contribution is 0.316. The van der Waals surface area contributed by atoms with Gasteiger partial charge in [0.25, 0.3) is 0 Å². The van der Waals surface area contributed by atoms with Crippen molar-refractivity contribution in [2.45, 2.75) is 33.2 Å². The third-order valence-corrected chi connectivity index (χ3v) is 3.92. The maximum absolute atomic E-state index is 12.8. The van der Waals surface area contributed by atoms with Crippen LogP contribution in [-0.2, 0) is 0 Å². The number of hydrogen-bond donors (Lipinski definition) is 1. The zero-order valence-electron chi connectivity index (χ0n) is 11.0. The molecule has 1 aromatic rings. The van der Waals surface area contributed by atoms with Gasteiger partial charge in [-0.15, -0.1) is 0 Å². The van der Waals surface area contributed by atoms with Crippen LogP contribution in [0.3, 0.4) is 0 Å². The average molecular weight is 266 g/mol. The molecule has 0 saturated heterocycles. The van der Waals surface area contributed by atoms with E-state index in [1.54, 1.807) is 23.9 Å². The quantitative estimate of drug-likeness (QED) is 0.826. The summed E-state index contributed by atoms with van der Waals surface area (Å²) in [5.74, 6) is 0.862. The van der Waals surface area contributed by atoms with E-state index in [1.807, 2.05) is 0 Å². The first kappa shape index (κ1) is 13.4. The Hall–Kier alpha value is -1.03. The van der Waals surface area contributed by atoms with Crippen molar-refractivity contribution in [2.75, 3.05) is 11.1 Å². The second kappa shape index (κ2) is 5.31. The van der Waals surface area contributed by atoms with E-state index in [4.69, 9.17) is 4.99 Å². The molecule has 0 aliphatic carbocycles. The van der Waals surface area contributed by atoms with Crippen molar-refractivity contribution < 1.29 is 4.39 Å². The molecule has 98 valence electrons. The van der Waals surface area contributed by atoms with Crippen LogP contribution in [0.4, 0.5) is 10.1 Å². The van der Waals surface area contributed by atoms with E-state index >= 15 is 0 Å². The van der Waals surface area contributed by atoms with E-state index < -0.39 is 0 Å². The number of hydrogen-bond acceptors (Lipinski definition) is 3. The highest BCUT2D eigenvalue weighted by molar-refractivity contribution is 8.14. The maximum atomic E-state index is 12.8. The van der Waals surface area contributed by atoms with Gasteiger partial charge in [0.2, 0.25) is 0 Å². The smallest absolute Gasteiger partial charge is 0.161 e. The molecule has 0 amide bonds. The summed E-state index contributed by atoms with van der Waals surface area (Å²) in [6.45, 7) is 6.64. The molecule has 0 saturated carbocycles. The maximum Gasteiger partial charge on any atom is 0.161 e. The van der Waals surface area contributed by atoms with Crippen LogP contribution >= 0.6 is 11.8 Å². The normalized spacial score (nSPS) is 20.4. The fourth-order valence-corrected chi connectivity index (χ4v) is 2.79. The number of thioether (sulfide) groups is 1. The largest absolute Gasteiger partial charge is 0.335 e. The second-order valence-corrected chi connectivity index (χ2v) is 6.67. The summed E-state index contributed by atoms with van der Waals surface area (Å²) < 4.78 is 12.8. The Morgan fingerprint density at radius 3 is 2.56 bits per heavy atom. The van der Waals surface area contributed by atoms with Gasteiger partial charge in [0.15, 0.2) is 5.17 Å². The van der Waals surface area contributed by atoms with Gasteiger partial charge in [0.1, 0.15) is 5.82 Å². The van der Waals surface area contributed by atoms with Crippen molar-refractivity contribution in [3.63, 3.8) is 0 Å². The van der Waals surface area contributed by atoms with Crippen LogP contribution in [0.25, 0.3) is 0 Å². The Morgan fingerprint density at radius 1 is 1.28 bits per heavy atom. The van der Waals surface area contributed by atoms with Crippen molar-refractivity contribution in [1.82, 2.24) is 0 Å². The first-order valence-corrected chi connectivity index (χ1v) is 7.17. The molecule has 2 nitrogen and oxygen atoms in total. The molecule has 1 heterocycles. The van der Waals surface area contributed by atoms with Gasteiger partial charge >= 0.3 is 0 Å². The Labute approximate surface area is 112 Å². The average Bonchev–Trinajstić information content (AvgIpc) is 2.31. The van der Waals surface area contributed by atoms with Crippen molar-refractivity contribution >= 4 is 22.6 Å². The van der Waals surface area contributed by atoms with Gasteiger partial charge in [-0.25, -0.2) is 4.39 Å². The molecule has 1 atom stereocenters. The van der Waals surface area contributed by atoms with Crippen LogP contribution < -0.4 is 5.32 Å². The number of nitrogens with one attached hydrogen (secondary N) is 1. The molecular weight excluding hydrogens is 247 g/mol. The third kappa shape index (κ3) is 3.48. The third-order valence-electron chi connectivity index (χ3n) is 3.00. The van der Waals surface area contributed by atoms with E-state index in [-0.39, 0.29) is 11.2 Å². The lowest BCUT2D eigenvalue weighted by Gasteiger charge is -2.31. The van der Waals surface area contributed by atoms with E-state index in [2.05, 4.69) is 26.1 Å². The molecule has 0 aromatic heterocycles. The van der Waals surface area contributed by atoms with Crippen molar-refractivity contribution in [3.05, 3.63) is 30.1 Å². The fraction of sp³-hybridized carbons (Fsp3) is 0.500. The van der Waals surface area contributed by atoms with E-state index in [9.17, 15) is 4.39 Å². The lowest BCUT2D eigenvalue weighted by Crippen LogP contribution is -2.30. The fourth-order valence-electron chi connectivity index (χ4n) is 1.86. The summed E-state index contributed by atoms with van der Waals surface area (Å²) in [7, 11) is 0. The number of amidine groups is 1. The van der Waals surface area contributed by atoms with E-state index in [0.29, 0.717) is 6.04 Å². The van der Waals surface area contributed by atoms with E-state index in [0.717, 1.165) is 23.0 Å². The summed E-state index contributed by atoms with van der Waals surface area (Å²) in [6.07, 6.45) is 1.11. The highest BCUT2D eigenvalue weighted by Crippen LogP contribution is 2.31. The van der Waals surface area contributed by atoms with Crippen molar-refractivity contribution in [2.24, 2.45) is 10.4 Å². The zero-order chi connectivity index (χ0) is 13.2. The van der Waals surface area contributed by atoms with Gasteiger partial charge < -0.3 is 5.32 Å². The monoisotopic (exact) mass is 266 g/mol. The highest BCUT2D eigenvalue weighted by atomic mass is 32.2. The first-order chi connectivity index (χ1) is 8.45. The first-order valence-electron chi connectivity index (χ1n) is 6.18. The molecule has 1 unspecified atom stereocenters. The van der Waals surface area contributed by atoms with Gasteiger partial charge in [0.05, 0.1) is 6.04 Å². The van der Waals surface area contributed by atoms with Crippen molar-refractivity contribution in [3.8, 4) is 0 Å². The standard InChI is InChI=1S/C14H19FN2S/c1-14(2,3)12-8-9-18-13(17-12)16-11-6-4-10(15)5-7-11/h4-7,12H,8-9H2,1-3H3,(H,16,17). The van der Waals surface area contributed by atoms with Crippen molar-refractivity contribution in [1.29, 1.82) is 0 Å². The molecule has 2 rings (SSSR count). The number of aliphatic imine (C=N–C) groups is 1. The SMILES string of the molecule is CC(C)(C)C1CCSC(Nc2ccc(F)cc2)=N1. The second-order valence-electron chi connectivity index (χ2n) is 5.59. The molecule has 18 heavy (non-hydrogen) atoms. The van der Waals surface area contributed by atoms with Crippen LogP contribution in [0.5, 0.6) is 0 Å². The molecule has 1 aromatic carbocycles. The van der Waals surface area contributed by atoms with Gasteiger partial charge in [-0.2, -0.15) is 0 Å². The Kier molecular flexibility index (Phi) is 3.95. The summed E-state index contributed by atoms with van der Waals surface area (Å²) in [5.41, 5.74) is 1.08. The molecule has 1 N–H and O–H groups in total. The minimum Gasteiger partial charge on any atom is -0.335 e. The van der Waals surface area contributed by atoms with Gasteiger partial charge in [0, 0.05) is 11.4 Å². The number of benzene rings is 1. The molecular formula is C14H19FN2S. The zero-order valence-corrected chi connectivity index (χ0v) is 11.9. The van der Waals surface area contributed by atoms with Crippen LogP contribution in [-0.4, -0.2) is 17.0 Å². The van der Waals surface area contributed by atoms with Crippen LogP contribution in [0.2, 0.25) is 0 Å². The molecule has 4 heteroatoms. The van der Waals surface area contributed by atoms with E-state index in [1.165, 1.54) is 12.1 Å². The lowest BCUT2D eigenvalue weighted by atomic mass is 9.85. The Bertz CT molecular complexity index is 434. The number of halogens is 1. The van der Waals surface area contributed by atoms with Crippen LogP contribution in [0.15, 0.2) is 29.3 Å². The number of nitrogens with zero attached hydrogens (tertiary/aromatic N) is 1. The molecule has 0 bridgehead atoms. The van der Waals surface area contributed by atoms with Crippen LogP contribution in [0, 0.1) is 11.2 Å². The summed E-state index contributed by atoms with van der Waals surface area (Å²) >= 11 is 1.73. The Morgan fingerprint density at radius 2 is 1.94 bits per heavy atom. The predicted octanol–water partition coefficient (Wildman–Crippen LogP) is 4.15. The highest BCUT2D eigenvalue weighted by Gasteiger charge is 2.27. The summed E-state index contributed by atoms with van der Waals surface area (Å²) in [6, 6.07) is 6.73. The topological polar surface area (TPSA) is 24.4 Å². The van der Waals surface area contributed by atoms with Gasteiger partial charge in [-0.05, 0) is 36.1 Å². The predicted molar refractivity (Wildman–Crippen MR) is 77.8 cm³/mol. The summed E-state index contributed by atoms with van der Waals surface area (Å²) in [4.78, 5) is 4.75. The molecule has 1 aliphatic heterocycles. The molecule has 0 radical (unpaired) electrons. The molecule has 0 fully saturated rings. The minimum atomic E-state index is -0.216. The van der Waals surface area contributed by atoms with Gasteiger partial charge in [-0.3, -0.25) is 4.99 Å². The summed E-state index contributed by atoms with van der Waals surface area (Å²) in [5, 5.41) is 4.19. The Balaban J connectivity index is 2.09. The number of rotatable bonds is 1. The van der Waals surface area contributed by atoms with Crippen LogP contribution in [0.1, 0.15) is 27.2 Å².